The van der Waals surface area contributed by atoms with Gasteiger partial charge in [0, 0.05) is 17.7 Å². The summed E-state index contributed by atoms with van der Waals surface area (Å²) in [5.41, 5.74) is 5.81. The van der Waals surface area contributed by atoms with Crippen LogP contribution in [0, 0.1) is 20.8 Å². The average Bonchev–Trinajstić information content (AvgIpc) is 3.15. The Balaban J connectivity index is 1.68. The minimum absolute atomic E-state index is 0.0149. The zero-order chi connectivity index (χ0) is 15.0. The van der Waals surface area contributed by atoms with Crippen molar-refractivity contribution in [1.29, 1.82) is 0 Å². The second kappa shape index (κ2) is 5.35. The second-order valence-corrected chi connectivity index (χ2v) is 6.09. The van der Waals surface area contributed by atoms with Crippen LogP contribution < -0.4 is 5.32 Å². The lowest BCUT2D eigenvalue weighted by Gasteiger charge is -2.10. The van der Waals surface area contributed by atoms with Gasteiger partial charge < -0.3 is 5.32 Å². The Labute approximate surface area is 125 Å². The van der Waals surface area contributed by atoms with E-state index in [-0.39, 0.29) is 5.91 Å². The summed E-state index contributed by atoms with van der Waals surface area (Å²) in [4.78, 5) is 12.2. The monoisotopic (exact) mass is 283 g/mol. The molecule has 21 heavy (non-hydrogen) atoms. The molecule has 1 aromatic heterocycles. The smallest absolute Gasteiger partial charge is 0.230 e. The molecule has 4 heteroatoms. The fourth-order valence-electron chi connectivity index (χ4n) is 2.84. The van der Waals surface area contributed by atoms with E-state index in [1.807, 2.05) is 6.07 Å². The Morgan fingerprint density at radius 3 is 2.52 bits per heavy atom. The molecule has 0 aliphatic heterocycles. The summed E-state index contributed by atoms with van der Waals surface area (Å²) in [5, 5.41) is 10.0. The molecule has 2 aromatic rings. The number of nitrogens with one attached hydrogen (secondary N) is 2. The van der Waals surface area contributed by atoms with Crippen LogP contribution in [0.1, 0.15) is 46.7 Å². The van der Waals surface area contributed by atoms with Gasteiger partial charge in [-0.3, -0.25) is 9.89 Å². The number of amides is 1. The van der Waals surface area contributed by atoms with Gasteiger partial charge in [-0.25, -0.2) is 0 Å². The SMILES string of the molecule is Cc1cc(C)c(CC(=O)Nc2cc(C3CC3)[nH]n2)c(C)c1. The van der Waals surface area contributed by atoms with Crippen molar-refractivity contribution < 1.29 is 4.79 Å². The molecule has 0 saturated heterocycles. The van der Waals surface area contributed by atoms with Gasteiger partial charge >= 0.3 is 0 Å². The third-order valence-electron chi connectivity index (χ3n) is 4.06. The van der Waals surface area contributed by atoms with Crippen molar-refractivity contribution in [3.8, 4) is 0 Å². The van der Waals surface area contributed by atoms with Crippen LogP contribution in [0.15, 0.2) is 18.2 Å². The van der Waals surface area contributed by atoms with Gasteiger partial charge in [-0.1, -0.05) is 17.7 Å². The van der Waals surface area contributed by atoms with Crippen LogP contribution in [0.3, 0.4) is 0 Å². The lowest BCUT2D eigenvalue weighted by atomic mass is 9.97. The van der Waals surface area contributed by atoms with Gasteiger partial charge in [-0.05, 0) is 50.3 Å². The number of aromatic nitrogens is 2. The van der Waals surface area contributed by atoms with Crippen LogP contribution in [0.4, 0.5) is 5.82 Å². The molecule has 1 saturated carbocycles. The normalized spacial score (nSPS) is 14.2. The van der Waals surface area contributed by atoms with Crippen LogP contribution >= 0.6 is 0 Å². The minimum atomic E-state index is -0.0149. The number of H-pyrrole nitrogens is 1. The van der Waals surface area contributed by atoms with Crippen molar-refractivity contribution in [1.82, 2.24) is 10.2 Å². The molecule has 0 radical (unpaired) electrons. The molecule has 1 aliphatic carbocycles. The molecule has 1 aromatic carbocycles. The number of hydrogen-bond acceptors (Lipinski definition) is 2. The van der Waals surface area contributed by atoms with Gasteiger partial charge in [0.1, 0.15) is 0 Å². The van der Waals surface area contributed by atoms with Gasteiger partial charge in [-0.15, -0.1) is 0 Å². The van der Waals surface area contributed by atoms with Crippen molar-refractivity contribution in [3.05, 3.63) is 46.1 Å². The number of benzene rings is 1. The van der Waals surface area contributed by atoms with Crippen LogP contribution in [0.25, 0.3) is 0 Å². The van der Waals surface area contributed by atoms with E-state index >= 15 is 0 Å². The largest absolute Gasteiger partial charge is 0.309 e. The van der Waals surface area contributed by atoms with E-state index in [1.54, 1.807) is 0 Å². The maximum atomic E-state index is 12.2. The van der Waals surface area contributed by atoms with Gasteiger partial charge in [0.2, 0.25) is 5.91 Å². The van der Waals surface area contributed by atoms with Gasteiger partial charge in [0.15, 0.2) is 5.82 Å². The number of carbonyl (C=O) groups is 1. The molecular weight excluding hydrogens is 262 g/mol. The molecule has 0 bridgehead atoms. The number of rotatable bonds is 4. The highest BCUT2D eigenvalue weighted by atomic mass is 16.1. The molecule has 0 spiro atoms. The first-order chi connectivity index (χ1) is 10.0. The second-order valence-electron chi connectivity index (χ2n) is 6.09. The standard InChI is InChI=1S/C17H21N3O/c1-10-6-11(2)14(12(3)7-10)8-17(21)18-16-9-15(19-20-16)13-4-5-13/h6-7,9,13H,4-5,8H2,1-3H3,(H2,18,19,20,21). The fraction of sp³-hybridized carbons (Fsp3) is 0.412. The molecule has 110 valence electrons. The zero-order valence-electron chi connectivity index (χ0n) is 12.8. The van der Waals surface area contributed by atoms with Crippen molar-refractivity contribution in [2.75, 3.05) is 5.32 Å². The lowest BCUT2D eigenvalue weighted by molar-refractivity contribution is -0.115. The zero-order valence-corrected chi connectivity index (χ0v) is 12.8. The lowest BCUT2D eigenvalue weighted by Crippen LogP contribution is -2.16. The fourth-order valence-corrected chi connectivity index (χ4v) is 2.84. The quantitative estimate of drug-likeness (QED) is 0.903. The van der Waals surface area contributed by atoms with E-state index < -0.39 is 0 Å². The topological polar surface area (TPSA) is 57.8 Å². The Morgan fingerprint density at radius 2 is 1.90 bits per heavy atom. The van der Waals surface area contributed by atoms with Gasteiger partial charge in [-0.2, -0.15) is 5.10 Å². The number of carbonyl (C=O) groups excluding carboxylic acids is 1. The molecule has 2 N–H and O–H groups in total. The Morgan fingerprint density at radius 1 is 1.24 bits per heavy atom. The first-order valence-electron chi connectivity index (χ1n) is 7.45. The van der Waals surface area contributed by atoms with Crippen LogP contribution in [0.5, 0.6) is 0 Å². The van der Waals surface area contributed by atoms with E-state index in [2.05, 4.69) is 48.4 Å². The van der Waals surface area contributed by atoms with Crippen molar-refractivity contribution >= 4 is 11.7 Å². The summed E-state index contributed by atoms with van der Waals surface area (Å²) in [6.45, 7) is 6.19. The molecule has 4 nitrogen and oxygen atoms in total. The maximum Gasteiger partial charge on any atom is 0.230 e. The summed E-state index contributed by atoms with van der Waals surface area (Å²) in [7, 11) is 0. The summed E-state index contributed by atoms with van der Waals surface area (Å²) >= 11 is 0. The Kier molecular flexibility index (Phi) is 3.53. The molecule has 1 amide bonds. The number of aromatic amines is 1. The van der Waals surface area contributed by atoms with Crippen LogP contribution in [-0.2, 0) is 11.2 Å². The first-order valence-corrected chi connectivity index (χ1v) is 7.45. The van der Waals surface area contributed by atoms with Crippen molar-refractivity contribution in [2.24, 2.45) is 0 Å². The molecule has 0 unspecified atom stereocenters. The molecular formula is C17H21N3O. The van der Waals surface area contributed by atoms with Crippen LogP contribution in [-0.4, -0.2) is 16.1 Å². The predicted molar refractivity (Wildman–Crippen MR) is 83.5 cm³/mol. The number of aryl methyl sites for hydroxylation is 3. The third-order valence-corrected chi connectivity index (χ3v) is 4.06. The van der Waals surface area contributed by atoms with E-state index in [0.717, 1.165) is 11.3 Å². The average molecular weight is 283 g/mol. The molecule has 0 atom stereocenters. The highest BCUT2D eigenvalue weighted by Gasteiger charge is 2.25. The van der Waals surface area contributed by atoms with Gasteiger partial charge in [0.25, 0.3) is 0 Å². The van der Waals surface area contributed by atoms with E-state index in [0.29, 0.717) is 18.2 Å². The molecule has 1 fully saturated rings. The number of nitrogens with zero attached hydrogens (tertiary/aromatic N) is 1. The third kappa shape index (κ3) is 3.15. The highest BCUT2D eigenvalue weighted by Crippen LogP contribution is 2.39. The van der Waals surface area contributed by atoms with Crippen molar-refractivity contribution in [3.63, 3.8) is 0 Å². The number of hydrogen-bond donors (Lipinski definition) is 2. The van der Waals surface area contributed by atoms with Crippen LogP contribution in [0.2, 0.25) is 0 Å². The predicted octanol–water partition coefficient (Wildman–Crippen LogP) is 3.39. The van der Waals surface area contributed by atoms with Gasteiger partial charge in [0.05, 0.1) is 6.42 Å². The van der Waals surface area contributed by atoms with E-state index in [9.17, 15) is 4.79 Å². The summed E-state index contributed by atoms with van der Waals surface area (Å²) < 4.78 is 0. The molecule has 1 heterocycles. The number of anilines is 1. The van der Waals surface area contributed by atoms with E-state index in [1.165, 1.54) is 29.5 Å². The molecule has 3 rings (SSSR count). The van der Waals surface area contributed by atoms with E-state index in [4.69, 9.17) is 0 Å². The Hall–Kier alpha value is -2.10. The Bertz CT molecular complexity index is 660. The minimum Gasteiger partial charge on any atom is -0.309 e. The summed E-state index contributed by atoms with van der Waals surface area (Å²) in [6, 6.07) is 6.19. The maximum absolute atomic E-state index is 12.2. The summed E-state index contributed by atoms with van der Waals surface area (Å²) in [6.07, 6.45) is 2.83. The molecule has 1 aliphatic rings. The first kappa shape index (κ1) is 13.9. The highest BCUT2D eigenvalue weighted by molar-refractivity contribution is 5.91. The van der Waals surface area contributed by atoms with Crippen molar-refractivity contribution in [2.45, 2.75) is 46.0 Å². The summed E-state index contributed by atoms with van der Waals surface area (Å²) in [5.74, 6) is 1.23.